The highest BCUT2D eigenvalue weighted by molar-refractivity contribution is 6.11. The average molecular weight is 693 g/mol. The molecule has 0 aliphatic heterocycles. The molecule has 1 aliphatic rings. The Kier molecular flexibility index (Phi) is 6.53. The first-order chi connectivity index (χ1) is 26.5. The zero-order valence-corrected chi connectivity index (χ0v) is 29.7. The number of aromatic nitrogens is 4. The summed E-state index contributed by atoms with van der Waals surface area (Å²) in [5.74, 6) is 1.77. The molecule has 0 atom stereocenters. The second-order valence-corrected chi connectivity index (χ2v) is 14.7. The minimum atomic E-state index is -0.0634. The molecule has 0 fully saturated rings. The van der Waals surface area contributed by atoms with Crippen LogP contribution >= 0.6 is 0 Å². The van der Waals surface area contributed by atoms with Crippen LogP contribution < -0.4 is 0 Å². The lowest BCUT2D eigenvalue weighted by molar-refractivity contribution is 0.661. The summed E-state index contributed by atoms with van der Waals surface area (Å²) in [4.78, 5) is 19.9. The first-order valence-corrected chi connectivity index (χ1v) is 18.3. The van der Waals surface area contributed by atoms with Crippen molar-refractivity contribution in [1.82, 2.24) is 19.9 Å². The molecule has 0 N–H and O–H groups in total. The van der Waals surface area contributed by atoms with Gasteiger partial charge in [0.1, 0.15) is 11.2 Å². The Balaban J connectivity index is 1.13. The van der Waals surface area contributed by atoms with E-state index in [2.05, 4.69) is 122 Å². The number of nitrogens with zero attached hydrogens (tertiary/aromatic N) is 4. The van der Waals surface area contributed by atoms with E-state index in [0.717, 1.165) is 55.1 Å². The van der Waals surface area contributed by atoms with Gasteiger partial charge >= 0.3 is 0 Å². The number of pyridine rings is 1. The Bertz CT molecular complexity index is 3140. The second kappa shape index (κ2) is 11.5. The average Bonchev–Trinajstić information content (AvgIpc) is 3.71. The highest BCUT2D eigenvalue weighted by atomic mass is 16.3. The fourth-order valence-corrected chi connectivity index (χ4v) is 8.46. The maximum atomic E-state index is 6.30. The molecule has 254 valence electrons. The summed E-state index contributed by atoms with van der Waals surface area (Å²) in [6.07, 6.45) is 3.67. The van der Waals surface area contributed by atoms with Crippen LogP contribution in [0.3, 0.4) is 0 Å². The van der Waals surface area contributed by atoms with Crippen LogP contribution in [0.15, 0.2) is 162 Å². The SMILES string of the molecule is CC1(C)c2ccccc2-c2cc3c(ccc4ccc(-c5nc(-c6ccc7c(c6)oc6ccccc67)nc(-c6ccccc6-c6cccnc6)n5)cc43)cc21. The van der Waals surface area contributed by atoms with Gasteiger partial charge in [0.25, 0.3) is 0 Å². The quantitative estimate of drug-likeness (QED) is 0.172. The standard InChI is InChI=1S/C49H32N4O/c1-49(2)42-15-7-5-12-35(42)41-27-40-30(25-43(41)49)19-17-29-18-20-31(24-39(29)40)46-51-47(32-21-22-37-36-13-6-8-16-44(36)54-45(37)26-32)53-48(52-46)38-14-4-3-11-34(38)33-10-9-23-50-28-33/h3-28H,1-2H3. The van der Waals surface area contributed by atoms with Gasteiger partial charge in [0.15, 0.2) is 17.5 Å². The van der Waals surface area contributed by atoms with Gasteiger partial charge < -0.3 is 4.42 Å². The molecule has 0 unspecified atom stereocenters. The molecule has 0 radical (unpaired) electrons. The Hall–Kier alpha value is -6.98. The van der Waals surface area contributed by atoms with Crippen LogP contribution in [0.1, 0.15) is 25.0 Å². The van der Waals surface area contributed by atoms with Gasteiger partial charge in [-0.25, -0.2) is 15.0 Å². The van der Waals surface area contributed by atoms with Gasteiger partial charge in [-0.3, -0.25) is 4.98 Å². The minimum absolute atomic E-state index is 0.0634. The van der Waals surface area contributed by atoms with E-state index in [1.807, 2.05) is 48.7 Å². The molecule has 10 aromatic rings. The molecule has 7 aromatic carbocycles. The molecule has 0 saturated heterocycles. The van der Waals surface area contributed by atoms with Crippen LogP contribution in [0.4, 0.5) is 0 Å². The molecular weight excluding hydrogens is 661 g/mol. The molecule has 0 saturated carbocycles. The molecule has 3 heterocycles. The summed E-state index contributed by atoms with van der Waals surface area (Å²) >= 11 is 0. The van der Waals surface area contributed by atoms with Gasteiger partial charge in [-0.15, -0.1) is 0 Å². The topological polar surface area (TPSA) is 64.7 Å². The summed E-state index contributed by atoms with van der Waals surface area (Å²) in [5, 5.41) is 6.92. The van der Waals surface area contributed by atoms with Crippen molar-refractivity contribution in [3.8, 4) is 56.4 Å². The number of fused-ring (bicyclic) bond motifs is 9. The van der Waals surface area contributed by atoms with E-state index in [0.29, 0.717) is 17.5 Å². The van der Waals surface area contributed by atoms with Crippen molar-refractivity contribution in [2.24, 2.45) is 0 Å². The van der Waals surface area contributed by atoms with E-state index in [1.165, 1.54) is 38.4 Å². The van der Waals surface area contributed by atoms with Crippen molar-refractivity contribution >= 4 is 43.5 Å². The fraction of sp³-hybridized carbons (Fsp3) is 0.0612. The normalized spacial score (nSPS) is 13.1. The van der Waals surface area contributed by atoms with E-state index >= 15 is 0 Å². The summed E-state index contributed by atoms with van der Waals surface area (Å²) < 4.78 is 6.30. The largest absolute Gasteiger partial charge is 0.456 e. The van der Waals surface area contributed by atoms with Crippen molar-refractivity contribution in [3.63, 3.8) is 0 Å². The molecule has 0 spiro atoms. The van der Waals surface area contributed by atoms with Crippen LogP contribution in [-0.4, -0.2) is 19.9 Å². The zero-order valence-electron chi connectivity index (χ0n) is 29.7. The van der Waals surface area contributed by atoms with Gasteiger partial charge in [0, 0.05) is 50.8 Å². The van der Waals surface area contributed by atoms with E-state index in [1.54, 1.807) is 6.20 Å². The van der Waals surface area contributed by atoms with Crippen LogP contribution in [0.2, 0.25) is 0 Å². The van der Waals surface area contributed by atoms with E-state index in [9.17, 15) is 0 Å². The van der Waals surface area contributed by atoms with Crippen molar-refractivity contribution in [2.75, 3.05) is 0 Å². The van der Waals surface area contributed by atoms with Crippen molar-refractivity contribution < 1.29 is 4.42 Å². The third-order valence-electron chi connectivity index (χ3n) is 11.2. The smallest absolute Gasteiger partial charge is 0.164 e. The number of furan rings is 1. The molecule has 0 amide bonds. The lowest BCUT2D eigenvalue weighted by atomic mass is 9.81. The van der Waals surface area contributed by atoms with Gasteiger partial charge in [0.05, 0.1) is 0 Å². The monoisotopic (exact) mass is 692 g/mol. The number of para-hydroxylation sites is 1. The third kappa shape index (κ3) is 4.65. The van der Waals surface area contributed by atoms with Crippen molar-refractivity contribution in [1.29, 1.82) is 0 Å². The van der Waals surface area contributed by atoms with Crippen molar-refractivity contribution in [2.45, 2.75) is 19.3 Å². The molecule has 54 heavy (non-hydrogen) atoms. The summed E-state index contributed by atoms with van der Waals surface area (Å²) in [7, 11) is 0. The maximum absolute atomic E-state index is 6.30. The Morgan fingerprint density at radius 3 is 1.94 bits per heavy atom. The van der Waals surface area contributed by atoms with Gasteiger partial charge in [-0.05, 0) is 91.8 Å². The predicted molar refractivity (Wildman–Crippen MR) is 219 cm³/mol. The fourth-order valence-electron chi connectivity index (χ4n) is 8.46. The van der Waals surface area contributed by atoms with E-state index in [-0.39, 0.29) is 5.41 Å². The summed E-state index contributed by atoms with van der Waals surface area (Å²) in [6.45, 7) is 4.66. The predicted octanol–water partition coefficient (Wildman–Crippen LogP) is 12.4. The maximum Gasteiger partial charge on any atom is 0.164 e. The molecule has 3 aromatic heterocycles. The van der Waals surface area contributed by atoms with Crippen LogP contribution in [0.5, 0.6) is 0 Å². The molecule has 11 rings (SSSR count). The number of hydrogen-bond acceptors (Lipinski definition) is 5. The summed E-state index contributed by atoms with van der Waals surface area (Å²) in [5.41, 5.74) is 11.6. The number of rotatable bonds is 4. The number of benzene rings is 7. The van der Waals surface area contributed by atoms with Gasteiger partial charge in [0.2, 0.25) is 0 Å². The first-order valence-electron chi connectivity index (χ1n) is 18.3. The zero-order chi connectivity index (χ0) is 36.0. The highest BCUT2D eigenvalue weighted by Crippen LogP contribution is 2.50. The lowest BCUT2D eigenvalue weighted by Gasteiger charge is -2.21. The van der Waals surface area contributed by atoms with Crippen molar-refractivity contribution in [3.05, 3.63) is 169 Å². The molecule has 5 nitrogen and oxygen atoms in total. The van der Waals surface area contributed by atoms with Crippen LogP contribution in [0, 0.1) is 0 Å². The Morgan fingerprint density at radius 1 is 0.426 bits per heavy atom. The molecule has 5 heteroatoms. The van der Waals surface area contributed by atoms with Crippen LogP contribution in [0.25, 0.3) is 99.9 Å². The second-order valence-electron chi connectivity index (χ2n) is 14.7. The molecular formula is C49H32N4O. The first kappa shape index (κ1) is 30.6. The van der Waals surface area contributed by atoms with E-state index < -0.39 is 0 Å². The Morgan fingerprint density at radius 2 is 1.09 bits per heavy atom. The lowest BCUT2D eigenvalue weighted by Crippen LogP contribution is -2.14. The minimum Gasteiger partial charge on any atom is -0.456 e. The highest BCUT2D eigenvalue weighted by Gasteiger charge is 2.35. The third-order valence-corrected chi connectivity index (χ3v) is 11.2. The van der Waals surface area contributed by atoms with Gasteiger partial charge in [-0.2, -0.15) is 0 Å². The Labute approximate surface area is 311 Å². The van der Waals surface area contributed by atoms with Gasteiger partial charge in [-0.1, -0.05) is 117 Å². The molecule has 1 aliphatic carbocycles. The molecule has 0 bridgehead atoms. The van der Waals surface area contributed by atoms with E-state index in [4.69, 9.17) is 19.4 Å². The summed E-state index contributed by atoms with van der Waals surface area (Å²) in [6, 6.07) is 51.2. The number of hydrogen-bond donors (Lipinski definition) is 0. The van der Waals surface area contributed by atoms with Crippen LogP contribution in [-0.2, 0) is 5.41 Å².